The molecule has 0 radical (unpaired) electrons. The van der Waals surface area contributed by atoms with Crippen molar-refractivity contribution < 1.29 is 17.9 Å². The van der Waals surface area contributed by atoms with Gasteiger partial charge in [0.2, 0.25) is 0 Å². The van der Waals surface area contributed by atoms with Gasteiger partial charge in [0.25, 0.3) is 0 Å². The number of nitrogens with one attached hydrogen (secondary N) is 1. The van der Waals surface area contributed by atoms with E-state index in [9.17, 15) is 13.2 Å². The summed E-state index contributed by atoms with van der Waals surface area (Å²) in [6, 6.07) is 5.22. The van der Waals surface area contributed by atoms with Crippen molar-refractivity contribution >= 4 is 15.9 Å². The number of nitrogens with zero attached hydrogens (tertiary/aromatic N) is 1. The molecule has 7 heteroatoms. The maximum atomic E-state index is 12.3. The van der Waals surface area contributed by atoms with Crippen LogP contribution in [0.4, 0.5) is 4.79 Å². The predicted molar refractivity (Wildman–Crippen MR) is 89.4 cm³/mol. The van der Waals surface area contributed by atoms with E-state index in [-0.39, 0.29) is 30.3 Å². The fraction of sp³-hybridized carbons (Fsp3) is 0.562. The van der Waals surface area contributed by atoms with Crippen LogP contribution in [0.2, 0.25) is 0 Å². The summed E-state index contributed by atoms with van der Waals surface area (Å²) in [7, 11) is -3.01. The number of aryl methyl sites for hydroxylation is 1. The van der Waals surface area contributed by atoms with E-state index >= 15 is 0 Å². The van der Waals surface area contributed by atoms with Crippen LogP contribution in [0.25, 0.3) is 0 Å². The van der Waals surface area contributed by atoms with Crippen molar-refractivity contribution in [2.75, 3.05) is 24.8 Å². The number of hydrogen-bond donors (Lipinski definition) is 1. The van der Waals surface area contributed by atoms with E-state index < -0.39 is 9.84 Å². The van der Waals surface area contributed by atoms with Gasteiger partial charge in [0.05, 0.1) is 11.5 Å². The normalized spacial score (nSPS) is 19.3. The monoisotopic (exact) mass is 340 g/mol. The highest BCUT2D eigenvalue weighted by Gasteiger charge is 2.33. The molecule has 6 nitrogen and oxygen atoms in total. The molecule has 1 unspecified atom stereocenters. The largest absolute Gasteiger partial charge is 0.473 e. The van der Waals surface area contributed by atoms with Gasteiger partial charge in [-0.15, -0.1) is 0 Å². The lowest BCUT2D eigenvalue weighted by atomic mass is 10.1. The molecule has 1 fully saturated rings. The predicted octanol–water partition coefficient (Wildman–Crippen LogP) is 1.86. The van der Waals surface area contributed by atoms with Gasteiger partial charge in [-0.3, -0.25) is 0 Å². The van der Waals surface area contributed by atoms with Gasteiger partial charge < -0.3 is 15.0 Å². The van der Waals surface area contributed by atoms with Crippen molar-refractivity contribution in [1.29, 1.82) is 0 Å². The molecule has 0 aromatic heterocycles. The van der Waals surface area contributed by atoms with E-state index in [1.165, 1.54) is 0 Å². The van der Waals surface area contributed by atoms with E-state index in [1.807, 2.05) is 39.0 Å². The van der Waals surface area contributed by atoms with Gasteiger partial charge in [-0.1, -0.05) is 12.1 Å². The van der Waals surface area contributed by atoms with Crippen LogP contribution in [-0.2, 0) is 9.84 Å². The third-order valence-electron chi connectivity index (χ3n) is 4.26. The number of carbonyl (C=O) groups excluding carboxylic acids is 1. The first-order valence-corrected chi connectivity index (χ1v) is 9.60. The van der Waals surface area contributed by atoms with Crippen molar-refractivity contribution in [2.45, 2.75) is 33.2 Å². The average molecular weight is 340 g/mol. The molecular formula is C16H24N2O4S. The Morgan fingerprint density at radius 2 is 2.13 bits per heavy atom. The van der Waals surface area contributed by atoms with Crippen molar-refractivity contribution in [2.24, 2.45) is 0 Å². The lowest BCUT2D eigenvalue weighted by molar-refractivity contribution is 0.172. The molecule has 1 aliphatic rings. The molecule has 1 aromatic rings. The Kier molecular flexibility index (Phi) is 5.51. The van der Waals surface area contributed by atoms with Crippen LogP contribution in [0.5, 0.6) is 5.75 Å². The molecule has 1 saturated heterocycles. The van der Waals surface area contributed by atoms with Crippen LogP contribution in [0.1, 0.15) is 24.5 Å². The van der Waals surface area contributed by atoms with Crippen molar-refractivity contribution in [3.05, 3.63) is 29.3 Å². The van der Waals surface area contributed by atoms with Gasteiger partial charge >= 0.3 is 6.03 Å². The van der Waals surface area contributed by atoms with Gasteiger partial charge in [-0.25, -0.2) is 13.2 Å². The minimum atomic E-state index is -3.01. The quantitative estimate of drug-likeness (QED) is 0.830. The zero-order valence-corrected chi connectivity index (χ0v) is 14.6. The molecule has 1 N–H and O–H groups in total. The first-order chi connectivity index (χ1) is 10.8. The molecule has 0 bridgehead atoms. The van der Waals surface area contributed by atoms with Crippen LogP contribution in [0, 0.1) is 13.8 Å². The minimum Gasteiger partial charge on any atom is -0.473 e. The van der Waals surface area contributed by atoms with Crippen LogP contribution >= 0.6 is 0 Å². The first kappa shape index (κ1) is 17.6. The van der Waals surface area contributed by atoms with E-state index in [0.717, 1.165) is 16.9 Å². The summed E-state index contributed by atoms with van der Waals surface area (Å²) in [5, 5.41) is 2.70. The maximum Gasteiger partial charge on any atom is 0.320 e. The van der Waals surface area contributed by atoms with Crippen molar-refractivity contribution in [3.8, 4) is 5.75 Å². The van der Waals surface area contributed by atoms with Gasteiger partial charge in [0, 0.05) is 12.6 Å². The summed E-state index contributed by atoms with van der Waals surface area (Å²) in [5.74, 6) is 0.934. The van der Waals surface area contributed by atoms with E-state index in [4.69, 9.17) is 4.74 Å². The molecule has 0 saturated carbocycles. The Morgan fingerprint density at radius 3 is 2.74 bits per heavy atom. The Balaban J connectivity index is 1.89. The molecule has 0 aliphatic carbocycles. The molecular weight excluding hydrogens is 316 g/mol. The minimum absolute atomic E-state index is 0.0477. The van der Waals surface area contributed by atoms with E-state index in [0.29, 0.717) is 13.0 Å². The molecule has 1 aromatic carbocycles. The molecule has 1 atom stereocenters. The first-order valence-electron chi connectivity index (χ1n) is 7.78. The maximum absolute atomic E-state index is 12.3. The third-order valence-corrected chi connectivity index (χ3v) is 6.01. The fourth-order valence-electron chi connectivity index (χ4n) is 2.75. The summed E-state index contributed by atoms with van der Waals surface area (Å²) < 4.78 is 28.7. The lowest BCUT2D eigenvalue weighted by Crippen LogP contribution is -2.47. The highest BCUT2D eigenvalue weighted by atomic mass is 32.2. The average Bonchev–Trinajstić information content (AvgIpc) is 2.84. The molecule has 1 aliphatic heterocycles. The number of benzene rings is 1. The third kappa shape index (κ3) is 4.37. The highest BCUT2D eigenvalue weighted by Crippen LogP contribution is 2.20. The molecule has 1 heterocycles. The fourth-order valence-corrected chi connectivity index (χ4v) is 4.48. The summed E-state index contributed by atoms with van der Waals surface area (Å²) in [4.78, 5) is 13.8. The van der Waals surface area contributed by atoms with Gasteiger partial charge in [-0.2, -0.15) is 0 Å². The molecule has 23 heavy (non-hydrogen) atoms. The standard InChI is InChI=1S/C16H24N2O4S/c1-4-18(14-8-9-23(20,21)10-14)16(19)17-11-22-15-7-5-6-12(2)13(15)3/h5-7,14H,4,8-11H2,1-3H3,(H,17,19). The Hall–Kier alpha value is -1.76. The van der Waals surface area contributed by atoms with Crippen LogP contribution in [-0.4, -0.2) is 50.2 Å². The zero-order chi connectivity index (χ0) is 17.0. The Bertz CT molecular complexity index is 673. The van der Waals surface area contributed by atoms with Crippen LogP contribution in [0.15, 0.2) is 18.2 Å². The lowest BCUT2D eigenvalue weighted by Gasteiger charge is -2.27. The number of amides is 2. The summed E-state index contributed by atoms with van der Waals surface area (Å²) in [5.41, 5.74) is 2.16. The number of rotatable bonds is 5. The van der Waals surface area contributed by atoms with Crippen LogP contribution in [0.3, 0.4) is 0 Å². The number of urea groups is 1. The Morgan fingerprint density at radius 1 is 1.39 bits per heavy atom. The summed E-state index contributed by atoms with van der Waals surface area (Å²) in [6.45, 7) is 6.33. The van der Waals surface area contributed by atoms with Gasteiger partial charge in [-0.05, 0) is 44.4 Å². The Labute approximate surface area is 137 Å². The smallest absolute Gasteiger partial charge is 0.320 e. The number of ether oxygens (including phenoxy) is 1. The molecule has 128 valence electrons. The zero-order valence-electron chi connectivity index (χ0n) is 13.8. The molecule has 2 rings (SSSR count). The van der Waals surface area contributed by atoms with E-state index in [2.05, 4.69) is 5.32 Å². The highest BCUT2D eigenvalue weighted by molar-refractivity contribution is 7.91. The van der Waals surface area contributed by atoms with Crippen molar-refractivity contribution in [1.82, 2.24) is 10.2 Å². The topological polar surface area (TPSA) is 75.7 Å². The van der Waals surface area contributed by atoms with Gasteiger partial charge in [0.15, 0.2) is 16.6 Å². The summed E-state index contributed by atoms with van der Waals surface area (Å²) in [6.07, 6.45) is 0.501. The van der Waals surface area contributed by atoms with Crippen LogP contribution < -0.4 is 10.1 Å². The second-order valence-electron chi connectivity index (χ2n) is 5.81. The molecule has 0 spiro atoms. The van der Waals surface area contributed by atoms with Crippen molar-refractivity contribution in [3.63, 3.8) is 0 Å². The number of hydrogen-bond acceptors (Lipinski definition) is 4. The second kappa shape index (κ2) is 7.21. The number of sulfone groups is 1. The molecule has 2 amide bonds. The van der Waals surface area contributed by atoms with Gasteiger partial charge in [0.1, 0.15) is 5.75 Å². The number of carbonyl (C=O) groups is 1. The SMILES string of the molecule is CCN(C(=O)NCOc1cccc(C)c1C)C1CCS(=O)(=O)C1. The van der Waals surface area contributed by atoms with E-state index in [1.54, 1.807) is 4.90 Å². The summed E-state index contributed by atoms with van der Waals surface area (Å²) >= 11 is 0. The second-order valence-corrected chi connectivity index (χ2v) is 8.04.